The highest BCUT2D eigenvalue weighted by Gasteiger charge is 2.22. The molecule has 1 aromatic rings. The third kappa shape index (κ3) is 4.41. The molecule has 0 heterocycles. The van der Waals surface area contributed by atoms with Gasteiger partial charge in [0.25, 0.3) is 10.1 Å². The zero-order chi connectivity index (χ0) is 13.1. The lowest BCUT2D eigenvalue weighted by atomic mass is 9.92. The quantitative estimate of drug-likeness (QED) is 0.779. The summed E-state index contributed by atoms with van der Waals surface area (Å²) in [5, 5.41) is 0. The van der Waals surface area contributed by atoms with E-state index in [1.165, 1.54) is 12.1 Å². The summed E-state index contributed by atoms with van der Waals surface area (Å²) in [5.41, 5.74) is -0.136. The molecule has 5 heteroatoms. The Morgan fingerprint density at radius 3 is 2.24 bits per heavy atom. The molecule has 0 bridgehead atoms. The van der Waals surface area contributed by atoms with Gasteiger partial charge in [-0.25, -0.2) is 0 Å². The first-order valence-electron chi connectivity index (χ1n) is 5.42. The van der Waals surface area contributed by atoms with Gasteiger partial charge in [-0.3, -0.25) is 4.18 Å². The van der Waals surface area contributed by atoms with Crippen molar-refractivity contribution in [1.29, 1.82) is 0 Å². The molecule has 3 nitrogen and oxygen atoms in total. The van der Waals surface area contributed by atoms with Gasteiger partial charge >= 0.3 is 0 Å². The highest BCUT2D eigenvalue weighted by atomic mass is 79.9. The molecule has 0 amide bonds. The van der Waals surface area contributed by atoms with Gasteiger partial charge in [0.2, 0.25) is 0 Å². The van der Waals surface area contributed by atoms with Gasteiger partial charge in [0.05, 0.1) is 11.5 Å². The van der Waals surface area contributed by atoms with Gasteiger partial charge in [0.15, 0.2) is 0 Å². The molecule has 0 saturated heterocycles. The van der Waals surface area contributed by atoms with Crippen molar-refractivity contribution in [2.75, 3.05) is 6.61 Å². The molecule has 0 aromatic heterocycles. The maximum absolute atomic E-state index is 11.9. The molecule has 17 heavy (non-hydrogen) atoms. The zero-order valence-electron chi connectivity index (χ0n) is 10.2. The van der Waals surface area contributed by atoms with Gasteiger partial charge in [-0.05, 0) is 36.1 Å². The third-order valence-corrected chi connectivity index (χ3v) is 4.47. The Hall–Kier alpha value is -0.390. The first-order chi connectivity index (χ1) is 7.77. The lowest BCUT2D eigenvalue weighted by molar-refractivity contribution is 0.181. The fourth-order valence-electron chi connectivity index (χ4n) is 1.01. The second kappa shape index (κ2) is 5.50. The van der Waals surface area contributed by atoms with Crippen LogP contribution in [0, 0.1) is 5.41 Å². The molecule has 0 unspecified atom stereocenters. The zero-order valence-corrected chi connectivity index (χ0v) is 12.6. The summed E-state index contributed by atoms with van der Waals surface area (Å²) >= 11 is 3.26. The molecule has 0 aliphatic rings. The SMILES string of the molecule is CCC(C)(C)COS(=O)(=O)c1ccc(Br)cc1. The predicted octanol–water partition coefficient (Wildman–Crippen LogP) is 3.59. The molecule has 0 atom stereocenters. The van der Waals surface area contributed by atoms with E-state index in [-0.39, 0.29) is 16.9 Å². The summed E-state index contributed by atoms with van der Waals surface area (Å²) in [6, 6.07) is 6.42. The van der Waals surface area contributed by atoms with Crippen molar-refractivity contribution >= 4 is 26.0 Å². The van der Waals surface area contributed by atoms with E-state index < -0.39 is 10.1 Å². The van der Waals surface area contributed by atoms with Crippen LogP contribution in [0.4, 0.5) is 0 Å². The van der Waals surface area contributed by atoms with Crippen LogP contribution in [0.2, 0.25) is 0 Å². The van der Waals surface area contributed by atoms with E-state index in [0.29, 0.717) is 0 Å². The average molecular weight is 321 g/mol. The van der Waals surface area contributed by atoms with Crippen molar-refractivity contribution in [3.05, 3.63) is 28.7 Å². The maximum atomic E-state index is 11.9. The van der Waals surface area contributed by atoms with Crippen molar-refractivity contribution in [3.8, 4) is 0 Å². The van der Waals surface area contributed by atoms with E-state index in [1.54, 1.807) is 12.1 Å². The molecule has 96 valence electrons. The van der Waals surface area contributed by atoms with Crippen LogP contribution < -0.4 is 0 Å². The standard InChI is InChI=1S/C12H17BrO3S/c1-4-12(2,3)9-16-17(14,15)11-7-5-10(13)6-8-11/h5-8H,4,9H2,1-3H3. The average Bonchev–Trinajstić information content (AvgIpc) is 2.27. The van der Waals surface area contributed by atoms with E-state index in [4.69, 9.17) is 4.18 Å². The topological polar surface area (TPSA) is 43.4 Å². The highest BCUT2D eigenvalue weighted by molar-refractivity contribution is 9.10. The summed E-state index contributed by atoms with van der Waals surface area (Å²) in [7, 11) is -3.64. The Morgan fingerprint density at radius 2 is 1.76 bits per heavy atom. The van der Waals surface area contributed by atoms with Crippen molar-refractivity contribution < 1.29 is 12.6 Å². The Bertz CT molecular complexity index is 463. The van der Waals surface area contributed by atoms with Crippen LogP contribution in [0.1, 0.15) is 27.2 Å². The fraction of sp³-hybridized carbons (Fsp3) is 0.500. The van der Waals surface area contributed by atoms with Crippen molar-refractivity contribution in [2.24, 2.45) is 5.41 Å². The van der Waals surface area contributed by atoms with E-state index in [0.717, 1.165) is 10.9 Å². The normalized spacial score (nSPS) is 12.7. The van der Waals surface area contributed by atoms with Crippen LogP contribution >= 0.6 is 15.9 Å². The van der Waals surface area contributed by atoms with Crippen LogP contribution in [-0.4, -0.2) is 15.0 Å². The lowest BCUT2D eigenvalue weighted by Crippen LogP contribution is -2.21. The van der Waals surface area contributed by atoms with E-state index in [2.05, 4.69) is 15.9 Å². The molecular weight excluding hydrogens is 304 g/mol. The Labute approximate surface area is 111 Å². The second-order valence-electron chi connectivity index (χ2n) is 4.69. The van der Waals surface area contributed by atoms with Crippen LogP contribution in [0.5, 0.6) is 0 Å². The van der Waals surface area contributed by atoms with Crippen LogP contribution in [0.15, 0.2) is 33.6 Å². The number of halogens is 1. The summed E-state index contributed by atoms with van der Waals surface area (Å²) in [5.74, 6) is 0. The van der Waals surface area contributed by atoms with Gasteiger partial charge in [0, 0.05) is 4.47 Å². The van der Waals surface area contributed by atoms with Crippen LogP contribution in [0.25, 0.3) is 0 Å². The summed E-state index contributed by atoms with van der Waals surface area (Å²) < 4.78 is 29.6. The Kier molecular flexibility index (Phi) is 4.75. The summed E-state index contributed by atoms with van der Waals surface area (Å²) in [6.45, 7) is 6.16. The molecule has 0 spiro atoms. The Morgan fingerprint density at radius 1 is 1.24 bits per heavy atom. The largest absolute Gasteiger partial charge is 0.296 e. The number of hydrogen-bond donors (Lipinski definition) is 0. The molecule has 1 aromatic carbocycles. The maximum Gasteiger partial charge on any atom is 0.296 e. The van der Waals surface area contributed by atoms with Gasteiger partial charge in [-0.2, -0.15) is 8.42 Å². The molecule has 0 aliphatic carbocycles. The first-order valence-corrected chi connectivity index (χ1v) is 7.62. The number of hydrogen-bond acceptors (Lipinski definition) is 3. The van der Waals surface area contributed by atoms with Gasteiger partial charge in [0.1, 0.15) is 0 Å². The van der Waals surface area contributed by atoms with Crippen LogP contribution in [0.3, 0.4) is 0 Å². The number of rotatable bonds is 5. The second-order valence-corrected chi connectivity index (χ2v) is 7.22. The van der Waals surface area contributed by atoms with Crippen LogP contribution in [-0.2, 0) is 14.3 Å². The van der Waals surface area contributed by atoms with Gasteiger partial charge in [-0.15, -0.1) is 0 Å². The van der Waals surface area contributed by atoms with Gasteiger partial charge in [-0.1, -0.05) is 36.7 Å². The molecule has 1 rings (SSSR count). The molecule has 0 radical (unpaired) electrons. The molecular formula is C12H17BrO3S. The van der Waals surface area contributed by atoms with E-state index in [9.17, 15) is 8.42 Å². The molecule has 0 saturated carbocycles. The van der Waals surface area contributed by atoms with Gasteiger partial charge < -0.3 is 0 Å². The third-order valence-electron chi connectivity index (χ3n) is 2.66. The van der Waals surface area contributed by atoms with E-state index >= 15 is 0 Å². The first kappa shape index (κ1) is 14.7. The minimum Gasteiger partial charge on any atom is -0.266 e. The summed E-state index contributed by atoms with van der Waals surface area (Å²) in [6.07, 6.45) is 0.864. The Balaban J connectivity index is 2.79. The monoisotopic (exact) mass is 320 g/mol. The minimum atomic E-state index is -3.64. The van der Waals surface area contributed by atoms with Crippen molar-refractivity contribution in [2.45, 2.75) is 32.1 Å². The number of benzene rings is 1. The summed E-state index contributed by atoms with van der Waals surface area (Å²) in [4.78, 5) is 0.188. The molecule has 0 fully saturated rings. The molecule has 0 N–H and O–H groups in total. The minimum absolute atomic E-state index is 0.136. The smallest absolute Gasteiger partial charge is 0.266 e. The van der Waals surface area contributed by atoms with Crippen molar-refractivity contribution in [1.82, 2.24) is 0 Å². The predicted molar refractivity (Wildman–Crippen MR) is 71.4 cm³/mol. The fourth-order valence-corrected chi connectivity index (χ4v) is 2.35. The van der Waals surface area contributed by atoms with Crippen molar-refractivity contribution in [3.63, 3.8) is 0 Å². The highest BCUT2D eigenvalue weighted by Crippen LogP contribution is 2.23. The van der Waals surface area contributed by atoms with E-state index in [1.807, 2.05) is 20.8 Å². The lowest BCUT2D eigenvalue weighted by Gasteiger charge is -2.21. The molecule has 0 aliphatic heterocycles.